The lowest BCUT2D eigenvalue weighted by Crippen LogP contribution is -2.13. The average molecular weight is 815 g/mol. The van der Waals surface area contributed by atoms with Gasteiger partial charge in [-0.3, -0.25) is 9.59 Å². The average Bonchev–Trinajstić information content (AvgIpc) is 3.93. The number of unbranched alkanes of at least 4 members (excludes halogenated alkanes) is 4. The smallest absolute Gasteiger partial charge is 0.306 e. The monoisotopic (exact) mass is 814 g/mol. The molecule has 0 saturated carbocycles. The van der Waals surface area contributed by atoms with Crippen molar-refractivity contribution in [2.45, 2.75) is 95.8 Å². The number of aryl methyl sites for hydroxylation is 2. The van der Waals surface area contributed by atoms with Crippen LogP contribution < -0.4 is 10.6 Å². The predicted molar refractivity (Wildman–Crippen MR) is 233 cm³/mol. The molecule has 0 aliphatic carbocycles. The number of carboxylic acids is 1. The molecular weight excluding hydrogens is 757 g/mol. The molecule has 0 aliphatic heterocycles. The fraction of sp³-hybridized carbons (Fsp3) is 0.375. The number of rotatable bonds is 25. The minimum absolute atomic E-state index is 0.00980. The number of hydrogen-bond donors (Lipinski definition) is 3. The molecule has 60 heavy (non-hydrogen) atoms. The Morgan fingerprint density at radius 1 is 0.617 bits per heavy atom. The van der Waals surface area contributed by atoms with Crippen LogP contribution in [0.1, 0.15) is 104 Å². The fourth-order valence-electron chi connectivity index (χ4n) is 6.82. The normalized spacial score (nSPS) is 11.8. The van der Waals surface area contributed by atoms with E-state index in [0.29, 0.717) is 37.7 Å². The van der Waals surface area contributed by atoms with E-state index >= 15 is 0 Å². The molecule has 0 bridgehead atoms. The van der Waals surface area contributed by atoms with Crippen molar-refractivity contribution < 1.29 is 28.3 Å². The summed E-state index contributed by atoms with van der Waals surface area (Å²) in [6.45, 7) is 4.02. The van der Waals surface area contributed by atoms with E-state index in [1.54, 1.807) is 24.9 Å². The Hall–Kier alpha value is -6.30. The number of hydrogen-bond acceptors (Lipinski definition) is 11. The maximum absolute atomic E-state index is 12.1. The molecule has 2 unspecified atom stereocenters. The SMILES string of the molecule is CCOC(=O)CC(Cc1nc(CCCCCNc2ccccn2)co1)c1ccccc1.O=C(O)CC(Cc1nc(CCCCCNc2ccccn2)co1)c1ccccc1. The number of benzene rings is 2. The van der Waals surface area contributed by atoms with Crippen molar-refractivity contribution >= 4 is 23.6 Å². The van der Waals surface area contributed by atoms with Crippen molar-refractivity contribution in [1.29, 1.82) is 0 Å². The number of anilines is 2. The lowest BCUT2D eigenvalue weighted by atomic mass is 9.92. The number of ether oxygens (including phenoxy) is 1. The van der Waals surface area contributed by atoms with Gasteiger partial charge in [0.25, 0.3) is 0 Å². The molecule has 2 aromatic carbocycles. The van der Waals surface area contributed by atoms with Gasteiger partial charge in [0.2, 0.25) is 0 Å². The van der Waals surface area contributed by atoms with E-state index in [4.69, 9.17) is 13.6 Å². The first-order valence-electron chi connectivity index (χ1n) is 21.1. The second kappa shape index (κ2) is 25.9. The molecule has 3 N–H and O–H groups in total. The molecule has 6 rings (SSSR count). The zero-order chi connectivity index (χ0) is 42.0. The van der Waals surface area contributed by atoms with E-state index in [0.717, 1.165) is 98.6 Å². The van der Waals surface area contributed by atoms with Crippen molar-refractivity contribution in [1.82, 2.24) is 19.9 Å². The highest BCUT2D eigenvalue weighted by Gasteiger charge is 2.21. The number of esters is 1. The number of nitrogens with one attached hydrogen (secondary N) is 2. The molecule has 0 spiro atoms. The standard InChI is InChI=1S/C25H31N3O3.C23H27N3O3/c1-2-30-25(29)18-21(20-11-5-3-6-12-20)17-24-28-22(19-31-24)13-7-4-9-15-26-23-14-8-10-16-27-23;27-23(28)16-19(18-9-3-1-4-10-18)15-22-26-20(17-29-22)11-5-2-7-13-24-21-12-6-8-14-25-21/h3,5-6,8,10-12,14,16,19,21H,2,4,7,9,13,15,17-18H2,1H3,(H,26,27);1,3-4,6,8-10,12,14,17,19H,2,5,7,11,13,15-16H2,(H,24,25)(H,27,28). The first kappa shape index (κ1) is 44.8. The quantitative estimate of drug-likeness (QED) is 0.0371. The van der Waals surface area contributed by atoms with Crippen LogP contribution in [0.5, 0.6) is 0 Å². The number of carbonyl (C=O) groups excluding carboxylic acids is 1. The molecule has 2 atom stereocenters. The van der Waals surface area contributed by atoms with Crippen LogP contribution in [-0.4, -0.2) is 56.7 Å². The van der Waals surface area contributed by atoms with E-state index in [9.17, 15) is 14.7 Å². The van der Waals surface area contributed by atoms with Gasteiger partial charge in [-0.05, 0) is 80.8 Å². The van der Waals surface area contributed by atoms with E-state index in [2.05, 4.69) is 30.6 Å². The van der Waals surface area contributed by atoms with Gasteiger partial charge in [0.1, 0.15) is 24.2 Å². The number of carbonyl (C=O) groups is 2. The first-order valence-corrected chi connectivity index (χ1v) is 21.1. The number of aromatic nitrogens is 4. The largest absolute Gasteiger partial charge is 0.481 e. The van der Waals surface area contributed by atoms with E-state index < -0.39 is 5.97 Å². The summed E-state index contributed by atoms with van der Waals surface area (Å²) in [5.74, 6) is 1.94. The summed E-state index contributed by atoms with van der Waals surface area (Å²) in [7, 11) is 0. The first-order chi connectivity index (χ1) is 29.4. The van der Waals surface area contributed by atoms with Crippen LogP contribution >= 0.6 is 0 Å². The van der Waals surface area contributed by atoms with Crippen LogP contribution in [0.4, 0.5) is 11.6 Å². The van der Waals surface area contributed by atoms with Crippen LogP contribution in [0.3, 0.4) is 0 Å². The molecule has 12 heteroatoms. The third-order valence-corrected chi connectivity index (χ3v) is 9.88. The maximum atomic E-state index is 12.1. The highest BCUT2D eigenvalue weighted by Crippen LogP contribution is 2.26. The number of nitrogens with zero attached hydrogens (tertiary/aromatic N) is 4. The van der Waals surface area contributed by atoms with Gasteiger partial charge in [-0.15, -0.1) is 0 Å². The van der Waals surface area contributed by atoms with E-state index in [1.807, 2.05) is 104 Å². The third kappa shape index (κ3) is 16.9. The van der Waals surface area contributed by atoms with Crippen LogP contribution in [0, 0.1) is 0 Å². The molecule has 4 heterocycles. The summed E-state index contributed by atoms with van der Waals surface area (Å²) in [6.07, 6.45) is 16.7. The van der Waals surface area contributed by atoms with Crippen molar-refractivity contribution in [3.63, 3.8) is 0 Å². The Kier molecular flexibility index (Phi) is 19.4. The van der Waals surface area contributed by atoms with Gasteiger partial charge in [-0.2, -0.15) is 0 Å². The number of pyridine rings is 2. The minimum atomic E-state index is -0.815. The molecule has 4 aromatic heterocycles. The van der Waals surface area contributed by atoms with Crippen LogP contribution in [0.25, 0.3) is 0 Å². The van der Waals surface area contributed by atoms with Crippen molar-refractivity contribution in [2.24, 2.45) is 0 Å². The number of carboxylic acid groups (broad SMARTS) is 1. The second-order valence-electron chi connectivity index (χ2n) is 14.6. The van der Waals surface area contributed by atoms with Crippen LogP contribution in [0.15, 0.2) is 131 Å². The van der Waals surface area contributed by atoms with Crippen LogP contribution in [-0.2, 0) is 40.0 Å². The van der Waals surface area contributed by atoms with Gasteiger partial charge in [0.15, 0.2) is 11.8 Å². The van der Waals surface area contributed by atoms with Gasteiger partial charge in [0.05, 0.1) is 30.8 Å². The minimum Gasteiger partial charge on any atom is -0.481 e. The molecular formula is C48H58N6O6. The molecule has 12 nitrogen and oxygen atoms in total. The summed E-state index contributed by atoms with van der Waals surface area (Å²) in [4.78, 5) is 41.0. The Morgan fingerprint density at radius 2 is 1.08 bits per heavy atom. The van der Waals surface area contributed by atoms with Gasteiger partial charge < -0.3 is 29.3 Å². The zero-order valence-electron chi connectivity index (χ0n) is 34.6. The third-order valence-electron chi connectivity index (χ3n) is 9.88. The van der Waals surface area contributed by atoms with Gasteiger partial charge in [0, 0.05) is 50.2 Å². The molecule has 0 amide bonds. The van der Waals surface area contributed by atoms with Crippen molar-refractivity contribution in [3.8, 4) is 0 Å². The molecule has 0 saturated heterocycles. The van der Waals surface area contributed by atoms with E-state index in [-0.39, 0.29) is 24.2 Å². The fourth-order valence-corrected chi connectivity index (χ4v) is 6.82. The lowest BCUT2D eigenvalue weighted by Gasteiger charge is -2.14. The number of oxazole rings is 2. The summed E-state index contributed by atoms with van der Waals surface area (Å²) >= 11 is 0. The van der Waals surface area contributed by atoms with Crippen LogP contribution in [0.2, 0.25) is 0 Å². The Labute approximate surface area is 353 Å². The summed E-state index contributed by atoms with van der Waals surface area (Å²) in [5.41, 5.74) is 3.99. The Bertz CT molecular complexity index is 2060. The summed E-state index contributed by atoms with van der Waals surface area (Å²) < 4.78 is 16.5. The Balaban J connectivity index is 0.000000228. The lowest BCUT2D eigenvalue weighted by molar-refractivity contribution is -0.143. The maximum Gasteiger partial charge on any atom is 0.306 e. The second-order valence-corrected chi connectivity index (χ2v) is 14.6. The predicted octanol–water partition coefficient (Wildman–Crippen LogP) is 9.87. The van der Waals surface area contributed by atoms with Gasteiger partial charge in [-0.25, -0.2) is 19.9 Å². The van der Waals surface area contributed by atoms with E-state index in [1.165, 1.54) is 0 Å². The number of aliphatic carboxylic acids is 1. The Morgan fingerprint density at radius 3 is 1.52 bits per heavy atom. The summed E-state index contributed by atoms with van der Waals surface area (Å²) in [5, 5.41) is 15.9. The molecule has 0 fully saturated rings. The van der Waals surface area contributed by atoms with Gasteiger partial charge in [-0.1, -0.05) is 85.6 Å². The molecule has 6 aromatic rings. The van der Waals surface area contributed by atoms with Gasteiger partial charge >= 0.3 is 11.9 Å². The highest BCUT2D eigenvalue weighted by molar-refractivity contribution is 5.70. The van der Waals surface area contributed by atoms with Crippen molar-refractivity contribution in [3.05, 3.63) is 156 Å². The molecule has 0 radical (unpaired) electrons. The molecule has 0 aliphatic rings. The summed E-state index contributed by atoms with van der Waals surface area (Å²) in [6, 6.07) is 31.4. The van der Waals surface area contributed by atoms with Crippen molar-refractivity contribution in [2.75, 3.05) is 30.3 Å². The highest BCUT2D eigenvalue weighted by atomic mass is 16.5. The zero-order valence-corrected chi connectivity index (χ0v) is 34.6. The molecule has 316 valence electrons. The topological polar surface area (TPSA) is 166 Å².